The summed E-state index contributed by atoms with van der Waals surface area (Å²) in [5.74, 6) is 0.926. The van der Waals surface area contributed by atoms with Crippen molar-refractivity contribution in [2.75, 3.05) is 18.0 Å². The van der Waals surface area contributed by atoms with Crippen molar-refractivity contribution in [2.24, 2.45) is 17.1 Å². The summed E-state index contributed by atoms with van der Waals surface area (Å²) < 4.78 is 0. The summed E-state index contributed by atoms with van der Waals surface area (Å²) in [6.45, 7) is 7.52. The lowest BCUT2D eigenvalue weighted by Gasteiger charge is -2.40. The summed E-state index contributed by atoms with van der Waals surface area (Å²) >= 11 is 0. The largest absolute Gasteiger partial charge is 0.329 e. The van der Waals surface area contributed by atoms with E-state index < -0.39 is 0 Å². The average Bonchev–Trinajstić information content (AvgIpc) is 2.51. The first kappa shape index (κ1) is 16.0. The summed E-state index contributed by atoms with van der Waals surface area (Å²) in [6.07, 6.45) is 4.06. The fourth-order valence-electron chi connectivity index (χ4n) is 3.27. The van der Waals surface area contributed by atoms with Gasteiger partial charge in [0.1, 0.15) is 0 Å². The molecule has 2 N–H and O–H groups in total. The predicted molar refractivity (Wildman–Crippen MR) is 88.3 cm³/mol. The van der Waals surface area contributed by atoms with E-state index in [0.29, 0.717) is 19.0 Å². The highest BCUT2D eigenvalue weighted by molar-refractivity contribution is 5.97. The number of rotatable bonds is 4. The Morgan fingerprint density at radius 2 is 1.86 bits per heavy atom. The second-order valence-corrected chi connectivity index (χ2v) is 6.55. The van der Waals surface area contributed by atoms with Gasteiger partial charge in [0.2, 0.25) is 5.91 Å². The maximum absolute atomic E-state index is 13.1. The molecule has 2 rings (SSSR count). The number of nitrogens with two attached hydrogens (primary N) is 1. The lowest BCUT2D eigenvalue weighted by molar-refractivity contribution is -0.130. The van der Waals surface area contributed by atoms with Crippen molar-refractivity contribution in [1.29, 1.82) is 0 Å². The van der Waals surface area contributed by atoms with Crippen LogP contribution in [0.2, 0.25) is 0 Å². The fraction of sp³-hybridized carbons (Fsp3) is 0.611. The normalized spacial score (nSPS) is 25.6. The number of carbonyl (C=O) groups excluding carboxylic acids is 1. The molecular weight excluding hydrogens is 260 g/mol. The average molecular weight is 288 g/mol. The van der Waals surface area contributed by atoms with Crippen molar-refractivity contribution in [1.82, 2.24) is 0 Å². The number of aryl methyl sites for hydroxylation is 1. The maximum atomic E-state index is 13.1. The van der Waals surface area contributed by atoms with E-state index in [1.165, 1.54) is 5.56 Å². The molecule has 1 amide bonds. The van der Waals surface area contributed by atoms with Gasteiger partial charge in [0.15, 0.2) is 0 Å². The van der Waals surface area contributed by atoms with Crippen molar-refractivity contribution < 1.29 is 4.79 Å². The highest BCUT2D eigenvalue weighted by Gasteiger charge is 2.42. The molecule has 3 heteroatoms. The van der Waals surface area contributed by atoms with Crippen LogP contribution in [0, 0.1) is 18.3 Å². The number of carbonyl (C=O) groups is 1. The molecule has 1 aromatic carbocycles. The summed E-state index contributed by atoms with van der Waals surface area (Å²) in [6, 6.07) is 8.19. The van der Waals surface area contributed by atoms with Crippen LogP contribution in [0.1, 0.15) is 45.1 Å². The molecule has 0 aliphatic heterocycles. The van der Waals surface area contributed by atoms with Crippen LogP contribution < -0.4 is 10.6 Å². The Balaban J connectivity index is 2.24. The minimum atomic E-state index is -0.354. The van der Waals surface area contributed by atoms with Gasteiger partial charge in [0.05, 0.1) is 5.41 Å². The summed E-state index contributed by atoms with van der Waals surface area (Å²) in [5.41, 5.74) is 7.87. The van der Waals surface area contributed by atoms with Gasteiger partial charge >= 0.3 is 0 Å². The molecule has 1 aromatic rings. The molecule has 0 saturated heterocycles. The van der Waals surface area contributed by atoms with E-state index in [1.807, 2.05) is 24.0 Å². The second-order valence-electron chi connectivity index (χ2n) is 6.55. The molecule has 0 spiro atoms. The van der Waals surface area contributed by atoms with E-state index in [4.69, 9.17) is 5.73 Å². The molecule has 1 aliphatic carbocycles. The first-order valence-electron chi connectivity index (χ1n) is 8.11. The Labute approximate surface area is 128 Å². The molecule has 0 aromatic heterocycles. The van der Waals surface area contributed by atoms with Crippen LogP contribution in [0.3, 0.4) is 0 Å². The number of benzene rings is 1. The highest BCUT2D eigenvalue weighted by atomic mass is 16.2. The first-order valence-corrected chi connectivity index (χ1v) is 8.11. The zero-order valence-corrected chi connectivity index (χ0v) is 13.6. The summed E-state index contributed by atoms with van der Waals surface area (Å²) in [7, 11) is 0. The number of hydrogen-bond donors (Lipinski definition) is 1. The van der Waals surface area contributed by atoms with E-state index in [-0.39, 0.29) is 11.3 Å². The molecule has 0 unspecified atom stereocenters. The molecule has 0 bridgehead atoms. The molecule has 21 heavy (non-hydrogen) atoms. The summed E-state index contributed by atoms with van der Waals surface area (Å²) in [5, 5.41) is 0. The zero-order chi connectivity index (χ0) is 15.5. The van der Waals surface area contributed by atoms with E-state index >= 15 is 0 Å². The van der Waals surface area contributed by atoms with E-state index in [0.717, 1.165) is 31.4 Å². The van der Waals surface area contributed by atoms with Crippen molar-refractivity contribution in [2.45, 2.75) is 46.5 Å². The van der Waals surface area contributed by atoms with Crippen LogP contribution in [0.5, 0.6) is 0 Å². The van der Waals surface area contributed by atoms with E-state index in [2.05, 4.69) is 26.0 Å². The minimum absolute atomic E-state index is 0.211. The number of nitrogens with zero attached hydrogens (tertiary/aromatic N) is 1. The van der Waals surface area contributed by atoms with Crippen LogP contribution in [-0.4, -0.2) is 19.0 Å². The third-order valence-corrected chi connectivity index (χ3v) is 4.98. The van der Waals surface area contributed by atoms with Crippen LogP contribution in [0.15, 0.2) is 24.3 Å². The Bertz CT molecular complexity index is 472. The Morgan fingerprint density at radius 1 is 1.29 bits per heavy atom. The predicted octanol–water partition coefficient (Wildman–Crippen LogP) is 3.50. The number of hydrogen-bond acceptors (Lipinski definition) is 2. The maximum Gasteiger partial charge on any atom is 0.234 e. The fourth-order valence-corrected chi connectivity index (χ4v) is 3.27. The van der Waals surface area contributed by atoms with Crippen LogP contribution in [-0.2, 0) is 4.79 Å². The quantitative estimate of drug-likeness (QED) is 0.921. The van der Waals surface area contributed by atoms with Crippen molar-refractivity contribution >= 4 is 11.6 Å². The first-order chi connectivity index (χ1) is 10.0. The topological polar surface area (TPSA) is 46.3 Å². The van der Waals surface area contributed by atoms with Crippen LogP contribution >= 0.6 is 0 Å². The van der Waals surface area contributed by atoms with Gasteiger partial charge < -0.3 is 10.6 Å². The van der Waals surface area contributed by atoms with Crippen molar-refractivity contribution in [3.05, 3.63) is 29.8 Å². The van der Waals surface area contributed by atoms with Gasteiger partial charge in [-0.15, -0.1) is 0 Å². The lowest BCUT2D eigenvalue weighted by atomic mass is 9.70. The Hall–Kier alpha value is -1.35. The van der Waals surface area contributed by atoms with Crippen LogP contribution in [0.4, 0.5) is 5.69 Å². The zero-order valence-electron chi connectivity index (χ0n) is 13.6. The molecule has 1 saturated carbocycles. The molecule has 0 radical (unpaired) electrons. The van der Waals surface area contributed by atoms with E-state index in [9.17, 15) is 4.79 Å². The van der Waals surface area contributed by atoms with E-state index in [1.54, 1.807) is 0 Å². The van der Waals surface area contributed by atoms with Gasteiger partial charge in [-0.05, 0) is 57.6 Å². The molecule has 0 atom stereocenters. The number of amides is 1. The molecule has 116 valence electrons. The smallest absolute Gasteiger partial charge is 0.234 e. The van der Waals surface area contributed by atoms with Crippen molar-refractivity contribution in [3.63, 3.8) is 0 Å². The Kier molecular flexibility index (Phi) is 5.04. The monoisotopic (exact) mass is 288 g/mol. The van der Waals surface area contributed by atoms with Gasteiger partial charge in [-0.3, -0.25) is 4.79 Å². The molecular formula is C18H28N2O. The minimum Gasteiger partial charge on any atom is -0.329 e. The van der Waals surface area contributed by atoms with Gasteiger partial charge in [0, 0.05) is 18.8 Å². The Morgan fingerprint density at radius 3 is 2.33 bits per heavy atom. The SMILES string of the molecule is CCN(C(=O)C1(CN)CCC(C)CC1)c1ccc(C)cc1. The van der Waals surface area contributed by atoms with Gasteiger partial charge in [-0.25, -0.2) is 0 Å². The van der Waals surface area contributed by atoms with Gasteiger partial charge in [-0.1, -0.05) is 24.6 Å². The third kappa shape index (κ3) is 3.29. The van der Waals surface area contributed by atoms with Gasteiger partial charge in [-0.2, -0.15) is 0 Å². The lowest BCUT2D eigenvalue weighted by Crippen LogP contribution is -2.50. The molecule has 3 nitrogen and oxygen atoms in total. The standard InChI is InChI=1S/C18H28N2O/c1-4-20(16-7-5-14(2)6-8-16)17(21)18(13-19)11-9-15(3)10-12-18/h5-8,15H,4,9-13,19H2,1-3H3. The van der Waals surface area contributed by atoms with Gasteiger partial charge in [0.25, 0.3) is 0 Å². The molecule has 1 fully saturated rings. The number of anilines is 1. The van der Waals surface area contributed by atoms with Crippen molar-refractivity contribution in [3.8, 4) is 0 Å². The van der Waals surface area contributed by atoms with Crippen LogP contribution in [0.25, 0.3) is 0 Å². The third-order valence-electron chi connectivity index (χ3n) is 4.98. The molecule has 0 heterocycles. The highest BCUT2D eigenvalue weighted by Crippen LogP contribution is 2.40. The second kappa shape index (κ2) is 6.61. The summed E-state index contributed by atoms with van der Waals surface area (Å²) in [4.78, 5) is 15.0. The molecule has 1 aliphatic rings.